The number of ether oxygens (including phenoxy) is 1. The molecule has 0 aliphatic heterocycles. The van der Waals surface area contributed by atoms with Gasteiger partial charge in [0.1, 0.15) is 11.5 Å². The summed E-state index contributed by atoms with van der Waals surface area (Å²) in [4.78, 5) is 12.0. The van der Waals surface area contributed by atoms with Crippen LogP contribution in [0.1, 0.15) is 17.5 Å². The quantitative estimate of drug-likeness (QED) is 0.820. The Morgan fingerprint density at radius 2 is 1.85 bits per heavy atom. The van der Waals surface area contributed by atoms with E-state index in [4.69, 9.17) is 10.5 Å². The fraction of sp³-hybridized carbons (Fsp3) is 0.235. The minimum atomic E-state index is 0.232. The summed E-state index contributed by atoms with van der Waals surface area (Å²) >= 11 is 0. The number of Topliss-reactive ketones (excluding diaryl/α,β-unsaturated/α-hetero) is 1. The van der Waals surface area contributed by atoms with Crippen molar-refractivity contribution in [2.24, 2.45) is 0 Å². The molecule has 0 radical (unpaired) electrons. The van der Waals surface area contributed by atoms with Crippen LogP contribution in [0, 0.1) is 0 Å². The first kappa shape index (κ1) is 14.1. The molecule has 0 saturated carbocycles. The maximum Gasteiger partial charge on any atom is 0.137 e. The van der Waals surface area contributed by atoms with Crippen molar-refractivity contribution in [3.63, 3.8) is 0 Å². The van der Waals surface area contributed by atoms with Crippen LogP contribution in [0.25, 0.3) is 0 Å². The Morgan fingerprint density at radius 1 is 1.10 bits per heavy atom. The van der Waals surface area contributed by atoms with E-state index in [0.717, 1.165) is 29.0 Å². The molecule has 3 heteroatoms. The molecule has 3 nitrogen and oxygen atoms in total. The van der Waals surface area contributed by atoms with Crippen LogP contribution in [0.5, 0.6) is 5.75 Å². The zero-order valence-corrected chi connectivity index (χ0v) is 11.6. The van der Waals surface area contributed by atoms with Crippen LogP contribution in [-0.4, -0.2) is 12.9 Å². The van der Waals surface area contributed by atoms with E-state index in [9.17, 15) is 4.79 Å². The Hall–Kier alpha value is -2.29. The van der Waals surface area contributed by atoms with Crippen molar-refractivity contribution in [3.05, 3.63) is 59.7 Å². The van der Waals surface area contributed by atoms with Gasteiger partial charge in [0, 0.05) is 18.5 Å². The number of ketones is 1. The van der Waals surface area contributed by atoms with Gasteiger partial charge in [0.2, 0.25) is 0 Å². The highest BCUT2D eigenvalue weighted by Crippen LogP contribution is 2.14. The molecule has 2 aromatic rings. The molecule has 0 fully saturated rings. The number of carbonyl (C=O) groups is 1. The predicted molar refractivity (Wildman–Crippen MR) is 80.9 cm³/mol. The van der Waals surface area contributed by atoms with E-state index in [1.54, 1.807) is 7.11 Å². The number of aryl methyl sites for hydroxylation is 1. The van der Waals surface area contributed by atoms with Crippen molar-refractivity contribution in [3.8, 4) is 5.75 Å². The van der Waals surface area contributed by atoms with Gasteiger partial charge in [-0.1, -0.05) is 24.3 Å². The zero-order chi connectivity index (χ0) is 14.4. The Kier molecular flexibility index (Phi) is 4.77. The molecule has 0 spiro atoms. The van der Waals surface area contributed by atoms with Crippen LogP contribution in [0.3, 0.4) is 0 Å². The van der Waals surface area contributed by atoms with E-state index in [1.165, 1.54) is 0 Å². The zero-order valence-electron chi connectivity index (χ0n) is 11.6. The molecule has 0 aliphatic carbocycles. The number of rotatable bonds is 6. The fourth-order valence-electron chi connectivity index (χ4n) is 2.07. The van der Waals surface area contributed by atoms with E-state index in [1.807, 2.05) is 48.5 Å². The second-order valence-corrected chi connectivity index (χ2v) is 4.81. The fourth-order valence-corrected chi connectivity index (χ4v) is 2.07. The smallest absolute Gasteiger partial charge is 0.137 e. The second kappa shape index (κ2) is 6.75. The molecule has 2 N–H and O–H groups in total. The molecular weight excluding hydrogens is 250 g/mol. The summed E-state index contributed by atoms with van der Waals surface area (Å²) in [6.07, 6.45) is 1.75. The van der Waals surface area contributed by atoms with Gasteiger partial charge in [-0.05, 0) is 41.8 Å². The lowest BCUT2D eigenvalue weighted by atomic mass is 10.0. The molecule has 0 amide bonds. The number of nitrogens with two attached hydrogens (primary N) is 1. The van der Waals surface area contributed by atoms with Crippen molar-refractivity contribution in [2.75, 3.05) is 12.8 Å². The molecule has 104 valence electrons. The molecule has 0 heterocycles. The molecule has 2 rings (SSSR count). The van der Waals surface area contributed by atoms with Gasteiger partial charge in [0.15, 0.2) is 0 Å². The number of nitrogen functional groups attached to an aromatic ring is 1. The number of benzene rings is 2. The highest BCUT2D eigenvalue weighted by Gasteiger charge is 2.05. The van der Waals surface area contributed by atoms with Crippen LogP contribution in [0.4, 0.5) is 5.69 Å². The summed E-state index contributed by atoms with van der Waals surface area (Å²) in [7, 11) is 1.63. The highest BCUT2D eigenvalue weighted by atomic mass is 16.5. The van der Waals surface area contributed by atoms with Gasteiger partial charge in [-0.15, -0.1) is 0 Å². The summed E-state index contributed by atoms with van der Waals surface area (Å²) in [5.41, 5.74) is 8.51. The third-order valence-corrected chi connectivity index (χ3v) is 3.21. The molecule has 0 aromatic heterocycles. The molecular formula is C17H19NO2. The molecule has 0 bridgehead atoms. The lowest BCUT2D eigenvalue weighted by Crippen LogP contribution is -2.04. The SMILES string of the molecule is COc1cccc(CC(=O)CCc2ccc(N)cc2)c1. The van der Waals surface area contributed by atoms with Gasteiger partial charge in [-0.25, -0.2) is 0 Å². The van der Waals surface area contributed by atoms with Gasteiger partial charge in [-0.2, -0.15) is 0 Å². The van der Waals surface area contributed by atoms with E-state index in [-0.39, 0.29) is 5.78 Å². The molecule has 0 unspecified atom stereocenters. The molecule has 0 atom stereocenters. The van der Waals surface area contributed by atoms with Crippen molar-refractivity contribution < 1.29 is 9.53 Å². The predicted octanol–water partition coefficient (Wildman–Crippen LogP) is 3.02. The minimum absolute atomic E-state index is 0.232. The summed E-state index contributed by atoms with van der Waals surface area (Å²) in [6, 6.07) is 15.3. The lowest BCUT2D eigenvalue weighted by Gasteiger charge is -2.05. The normalized spacial score (nSPS) is 10.2. The van der Waals surface area contributed by atoms with Crippen LogP contribution in [0.2, 0.25) is 0 Å². The number of hydrogen-bond acceptors (Lipinski definition) is 3. The largest absolute Gasteiger partial charge is 0.497 e. The topological polar surface area (TPSA) is 52.3 Å². The monoisotopic (exact) mass is 269 g/mol. The standard InChI is InChI=1S/C17H19NO2/c1-20-17-4-2-3-14(12-17)11-16(19)10-7-13-5-8-15(18)9-6-13/h2-6,8-9,12H,7,10-11,18H2,1H3. The van der Waals surface area contributed by atoms with Crippen molar-refractivity contribution in [2.45, 2.75) is 19.3 Å². The summed E-state index contributed by atoms with van der Waals surface area (Å²) in [5.74, 6) is 1.02. The summed E-state index contributed by atoms with van der Waals surface area (Å²) in [6.45, 7) is 0. The van der Waals surface area contributed by atoms with Crippen molar-refractivity contribution in [1.82, 2.24) is 0 Å². The third-order valence-electron chi connectivity index (χ3n) is 3.21. The second-order valence-electron chi connectivity index (χ2n) is 4.81. The van der Waals surface area contributed by atoms with Crippen molar-refractivity contribution >= 4 is 11.5 Å². The maximum atomic E-state index is 12.0. The van der Waals surface area contributed by atoms with E-state index in [0.29, 0.717) is 12.8 Å². The number of hydrogen-bond donors (Lipinski definition) is 1. The van der Waals surface area contributed by atoms with Gasteiger partial charge >= 0.3 is 0 Å². The molecule has 20 heavy (non-hydrogen) atoms. The van der Waals surface area contributed by atoms with Crippen LogP contribution >= 0.6 is 0 Å². The Balaban J connectivity index is 1.87. The molecule has 2 aromatic carbocycles. The van der Waals surface area contributed by atoms with Gasteiger partial charge in [0.25, 0.3) is 0 Å². The van der Waals surface area contributed by atoms with Gasteiger partial charge in [-0.3, -0.25) is 4.79 Å². The van der Waals surface area contributed by atoms with Crippen LogP contribution in [0.15, 0.2) is 48.5 Å². The van der Waals surface area contributed by atoms with E-state index >= 15 is 0 Å². The first-order chi connectivity index (χ1) is 9.67. The van der Waals surface area contributed by atoms with Crippen LogP contribution in [-0.2, 0) is 17.6 Å². The highest BCUT2D eigenvalue weighted by molar-refractivity contribution is 5.81. The molecule has 0 saturated heterocycles. The first-order valence-electron chi connectivity index (χ1n) is 6.66. The third kappa shape index (κ3) is 4.12. The Bertz CT molecular complexity index is 576. The number of carbonyl (C=O) groups excluding carboxylic acids is 1. The van der Waals surface area contributed by atoms with E-state index < -0.39 is 0 Å². The molecule has 0 aliphatic rings. The Morgan fingerprint density at radius 3 is 2.55 bits per heavy atom. The number of anilines is 1. The average molecular weight is 269 g/mol. The summed E-state index contributed by atoms with van der Waals surface area (Å²) in [5, 5.41) is 0. The van der Waals surface area contributed by atoms with Gasteiger partial charge < -0.3 is 10.5 Å². The van der Waals surface area contributed by atoms with Gasteiger partial charge in [0.05, 0.1) is 7.11 Å². The first-order valence-corrected chi connectivity index (χ1v) is 6.66. The van der Waals surface area contributed by atoms with Crippen molar-refractivity contribution in [1.29, 1.82) is 0 Å². The Labute approximate surface area is 119 Å². The maximum absolute atomic E-state index is 12.0. The van der Waals surface area contributed by atoms with Crippen LogP contribution < -0.4 is 10.5 Å². The number of methoxy groups -OCH3 is 1. The average Bonchev–Trinajstić information content (AvgIpc) is 2.47. The van der Waals surface area contributed by atoms with E-state index in [2.05, 4.69) is 0 Å². The summed E-state index contributed by atoms with van der Waals surface area (Å²) < 4.78 is 5.15. The minimum Gasteiger partial charge on any atom is -0.497 e. The lowest BCUT2D eigenvalue weighted by molar-refractivity contribution is -0.118.